The van der Waals surface area contributed by atoms with Gasteiger partial charge in [0, 0.05) is 13.1 Å². The zero-order valence-corrected chi connectivity index (χ0v) is 10.8. The van der Waals surface area contributed by atoms with Crippen molar-refractivity contribution in [3.63, 3.8) is 0 Å². The van der Waals surface area contributed by atoms with Crippen LogP contribution in [0.5, 0.6) is 0 Å². The summed E-state index contributed by atoms with van der Waals surface area (Å²) in [6.45, 7) is 6.56. The van der Waals surface area contributed by atoms with Gasteiger partial charge in [0.05, 0.1) is 18.8 Å². The van der Waals surface area contributed by atoms with E-state index in [-0.39, 0.29) is 17.9 Å². The van der Waals surface area contributed by atoms with Gasteiger partial charge in [0.1, 0.15) is 5.76 Å². The average Bonchev–Trinajstić information content (AvgIpc) is 2.87. The molecule has 1 N–H and O–H groups in total. The van der Waals surface area contributed by atoms with Gasteiger partial charge in [0.25, 0.3) is 0 Å². The Balaban J connectivity index is 2.05. The summed E-state index contributed by atoms with van der Waals surface area (Å²) in [5.74, 6) is -0.330. The summed E-state index contributed by atoms with van der Waals surface area (Å²) in [5, 5.41) is 8.84. The van der Waals surface area contributed by atoms with Crippen LogP contribution in [-0.4, -0.2) is 41.8 Å². The molecule has 0 aromatic carbocycles. The Morgan fingerprint density at radius 2 is 2.39 bits per heavy atom. The van der Waals surface area contributed by atoms with E-state index in [9.17, 15) is 4.79 Å². The number of carbonyl (C=O) groups is 1. The first-order valence-corrected chi connectivity index (χ1v) is 6.30. The Bertz CT molecular complexity index is 415. The Labute approximate surface area is 106 Å². The number of furan rings is 1. The van der Waals surface area contributed by atoms with Crippen molar-refractivity contribution < 1.29 is 19.1 Å². The van der Waals surface area contributed by atoms with E-state index in [2.05, 4.69) is 11.8 Å². The van der Waals surface area contributed by atoms with Crippen LogP contribution in [0.4, 0.5) is 0 Å². The highest BCUT2D eigenvalue weighted by Gasteiger charge is 2.26. The Hall–Kier alpha value is -1.33. The van der Waals surface area contributed by atoms with Gasteiger partial charge >= 0.3 is 5.97 Å². The van der Waals surface area contributed by atoms with Gasteiger partial charge in [-0.15, -0.1) is 0 Å². The number of aromatic carboxylic acids is 1. The highest BCUT2D eigenvalue weighted by atomic mass is 16.5. The van der Waals surface area contributed by atoms with E-state index in [4.69, 9.17) is 14.3 Å². The van der Waals surface area contributed by atoms with E-state index in [1.807, 2.05) is 6.92 Å². The van der Waals surface area contributed by atoms with Crippen LogP contribution >= 0.6 is 0 Å². The van der Waals surface area contributed by atoms with Gasteiger partial charge in [-0.2, -0.15) is 0 Å². The molecule has 2 rings (SSSR count). The fourth-order valence-corrected chi connectivity index (χ4v) is 2.21. The Kier molecular flexibility index (Phi) is 4.04. The molecule has 1 aromatic rings. The molecule has 2 atom stereocenters. The van der Waals surface area contributed by atoms with Crippen LogP contribution in [0.3, 0.4) is 0 Å². The summed E-state index contributed by atoms with van der Waals surface area (Å²) in [6.07, 6.45) is 1.25. The minimum Gasteiger partial charge on any atom is -0.475 e. The van der Waals surface area contributed by atoms with E-state index in [1.54, 1.807) is 6.07 Å². The van der Waals surface area contributed by atoms with Gasteiger partial charge in [-0.3, -0.25) is 4.90 Å². The maximum Gasteiger partial charge on any atom is 0.371 e. The van der Waals surface area contributed by atoms with Crippen molar-refractivity contribution in [2.24, 2.45) is 0 Å². The molecule has 1 aliphatic rings. The molecule has 0 aliphatic carbocycles. The Morgan fingerprint density at radius 1 is 1.61 bits per heavy atom. The molecule has 18 heavy (non-hydrogen) atoms. The maximum absolute atomic E-state index is 10.8. The van der Waals surface area contributed by atoms with Crippen LogP contribution < -0.4 is 0 Å². The molecular formula is C13H19NO4. The van der Waals surface area contributed by atoms with Crippen molar-refractivity contribution >= 4 is 5.97 Å². The summed E-state index contributed by atoms with van der Waals surface area (Å²) < 4.78 is 11.0. The lowest BCUT2D eigenvalue weighted by atomic mass is 10.1. The van der Waals surface area contributed by atoms with Gasteiger partial charge in [-0.1, -0.05) is 6.92 Å². The first-order chi connectivity index (χ1) is 8.61. The quantitative estimate of drug-likeness (QED) is 0.890. The second-order valence-electron chi connectivity index (χ2n) is 4.58. The van der Waals surface area contributed by atoms with E-state index in [1.165, 1.54) is 6.07 Å². The molecule has 0 amide bonds. The monoisotopic (exact) mass is 253 g/mol. The van der Waals surface area contributed by atoms with Crippen molar-refractivity contribution in [1.29, 1.82) is 0 Å². The molecule has 100 valence electrons. The molecule has 1 fully saturated rings. The molecule has 5 nitrogen and oxygen atoms in total. The molecular weight excluding hydrogens is 234 g/mol. The van der Waals surface area contributed by atoms with Crippen LogP contribution in [0.15, 0.2) is 16.5 Å². The van der Waals surface area contributed by atoms with E-state index in [0.717, 1.165) is 26.1 Å². The van der Waals surface area contributed by atoms with Gasteiger partial charge in [0.2, 0.25) is 5.76 Å². The number of carboxylic acids is 1. The molecule has 2 heterocycles. The molecule has 0 spiro atoms. The number of hydrogen-bond donors (Lipinski definition) is 1. The normalized spacial score (nSPS) is 22.9. The van der Waals surface area contributed by atoms with Gasteiger partial charge < -0.3 is 14.3 Å². The number of morpholine rings is 1. The predicted molar refractivity (Wildman–Crippen MR) is 65.7 cm³/mol. The first kappa shape index (κ1) is 13.1. The number of hydrogen-bond acceptors (Lipinski definition) is 4. The van der Waals surface area contributed by atoms with Crippen LogP contribution in [0.25, 0.3) is 0 Å². The molecule has 0 saturated carbocycles. The number of ether oxygens (including phenoxy) is 1. The fourth-order valence-electron chi connectivity index (χ4n) is 2.21. The number of rotatable bonds is 4. The zero-order chi connectivity index (χ0) is 13.1. The SMILES string of the molecule is CCC1CN(C(C)c2ccc(C(=O)O)o2)CCO1. The van der Waals surface area contributed by atoms with E-state index in [0.29, 0.717) is 5.76 Å². The van der Waals surface area contributed by atoms with Crippen molar-refractivity contribution in [3.05, 3.63) is 23.7 Å². The summed E-state index contributed by atoms with van der Waals surface area (Å²) >= 11 is 0. The van der Waals surface area contributed by atoms with Gasteiger partial charge in [0.15, 0.2) is 0 Å². The predicted octanol–water partition coefficient (Wildman–Crippen LogP) is 2.15. The molecule has 2 unspecified atom stereocenters. The third-order valence-corrected chi connectivity index (χ3v) is 3.42. The minimum absolute atomic E-state index is 0.00264. The lowest BCUT2D eigenvalue weighted by Crippen LogP contribution is -2.43. The number of carboxylic acid groups (broad SMARTS) is 1. The van der Waals surface area contributed by atoms with Crippen LogP contribution in [0.2, 0.25) is 0 Å². The zero-order valence-electron chi connectivity index (χ0n) is 10.8. The lowest BCUT2D eigenvalue weighted by molar-refractivity contribution is -0.0451. The van der Waals surface area contributed by atoms with Crippen LogP contribution in [0.1, 0.15) is 42.6 Å². The third-order valence-electron chi connectivity index (χ3n) is 3.42. The summed E-state index contributed by atoms with van der Waals surface area (Å²) in [5.41, 5.74) is 0. The first-order valence-electron chi connectivity index (χ1n) is 6.30. The Morgan fingerprint density at radius 3 is 3.00 bits per heavy atom. The highest BCUT2D eigenvalue weighted by molar-refractivity contribution is 5.84. The number of nitrogens with zero attached hydrogens (tertiary/aromatic N) is 1. The molecule has 5 heteroatoms. The maximum atomic E-state index is 10.8. The van der Waals surface area contributed by atoms with Crippen molar-refractivity contribution in [2.75, 3.05) is 19.7 Å². The fraction of sp³-hybridized carbons (Fsp3) is 0.615. The molecule has 0 radical (unpaired) electrons. The smallest absolute Gasteiger partial charge is 0.371 e. The highest BCUT2D eigenvalue weighted by Crippen LogP contribution is 2.25. The summed E-state index contributed by atoms with van der Waals surface area (Å²) in [4.78, 5) is 13.1. The third kappa shape index (κ3) is 2.73. The van der Waals surface area contributed by atoms with E-state index < -0.39 is 5.97 Å². The molecule has 1 aromatic heterocycles. The van der Waals surface area contributed by atoms with Crippen molar-refractivity contribution in [2.45, 2.75) is 32.4 Å². The van der Waals surface area contributed by atoms with Crippen molar-refractivity contribution in [3.8, 4) is 0 Å². The van der Waals surface area contributed by atoms with Gasteiger partial charge in [-0.25, -0.2) is 4.79 Å². The van der Waals surface area contributed by atoms with Gasteiger partial charge in [-0.05, 0) is 25.5 Å². The minimum atomic E-state index is -1.03. The largest absolute Gasteiger partial charge is 0.475 e. The topological polar surface area (TPSA) is 62.9 Å². The standard InChI is InChI=1S/C13H19NO4/c1-3-10-8-14(6-7-17-10)9(2)11-4-5-12(18-11)13(15)16/h4-5,9-10H,3,6-8H2,1-2H3,(H,15,16). The van der Waals surface area contributed by atoms with Crippen molar-refractivity contribution in [1.82, 2.24) is 4.90 Å². The second kappa shape index (κ2) is 5.54. The van der Waals surface area contributed by atoms with Crippen LogP contribution in [-0.2, 0) is 4.74 Å². The molecule has 1 saturated heterocycles. The lowest BCUT2D eigenvalue weighted by Gasteiger charge is -2.35. The van der Waals surface area contributed by atoms with Crippen LogP contribution in [0, 0.1) is 0 Å². The average molecular weight is 253 g/mol. The summed E-state index contributed by atoms with van der Waals surface area (Å²) in [6, 6.07) is 3.33. The van der Waals surface area contributed by atoms with E-state index >= 15 is 0 Å². The second-order valence-corrected chi connectivity index (χ2v) is 4.58. The molecule has 1 aliphatic heterocycles. The summed E-state index contributed by atoms with van der Waals surface area (Å²) in [7, 11) is 0. The molecule has 0 bridgehead atoms.